The Hall–Kier alpha value is -2.09. The maximum Gasteiger partial charge on any atom is 0.317 e. The van der Waals surface area contributed by atoms with E-state index in [4.69, 9.17) is 5.73 Å². The van der Waals surface area contributed by atoms with Crippen molar-refractivity contribution in [2.45, 2.75) is 6.54 Å². The highest BCUT2D eigenvalue weighted by Gasteiger charge is 2.24. The van der Waals surface area contributed by atoms with E-state index in [1.165, 1.54) is 0 Å². The lowest BCUT2D eigenvalue weighted by Gasteiger charge is -2.11. The molecule has 3 N–H and O–H groups in total. The monoisotopic (exact) mass is 250 g/mol. The minimum Gasteiger partial charge on any atom is -0.351 e. The molecule has 0 saturated heterocycles. The Bertz CT molecular complexity index is 548. The smallest absolute Gasteiger partial charge is 0.317 e. The number of nitrogens with one attached hydrogen (secondary N) is 1. The molecular weight excluding hydrogens is 240 g/mol. The molecule has 0 atom stereocenters. The molecule has 7 nitrogen and oxygen atoms in total. The SMILES string of the molecule is NC(=O)Nc1cc2n(n1)CCN2c1nccs1. The van der Waals surface area contributed by atoms with Crippen LogP contribution in [0.5, 0.6) is 0 Å². The number of thiazole rings is 1. The number of amides is 2. The number of urea groups is 1. The van der Waals surface area contributed by atoms with Gasteiger partial charge in [0, 0.05) is 24.2 Å². The number of carbonyl (C=O) groups is 1. The molecule has 1 aliphatic rings. The van der Waals surface area contributed by atoms with Crippen LogP contribution in [0, 0.1) is 0 Å². The first-order chi connectivity index (χ1) is 8.24. The molecule has 8 heteroatoms. The highest BCUT2D eigenvalue weighted by Crippen LogP contribution is 2.32. The summed E-state index contributed by atoms with van der Waals surface area (Å²) in [4.78, 5) is 17.1. The van der Waals surface area contributed by atoms with E-state index in [0.717, 1.165) is 24.0 Å². The lowest BCUT2D eigenvalue weighted by molar-refractivity contribution is 0.259. The van der Waals surface area contributed by atoms with Crippen LogP contribution < -0.4 is 16.0 Å². The first-order valence-electron chi connectivity index (χ1n) is 5.05. The van der Waals surface area contributed by atoms with E-state index in [0.29, 0.717) is 5.82 Å². The van der Waals surface area contributed by atoms with Gasteiger partial charge >= 0.3 is 6.03 Å². The van der Waals surface area contributed by atoms with E-state index in [-0.39, 0.29) is 0 Å². The molecule has 0 saturated carbocycles. The van der Waals surface area contributed by atoms with Crippen LogP contribution in [0.4, 0.5) is 21.6 Å². The molecule has 3 rings (SSSR count). The minimum absolute atomic E-state index is 0.466. The van der Waals surface area contributed by atoms with Crippen molar-refractivity contribution in [3.05, 3.63) is 17.6 Å². The average molecular weight is 250 g/mol. The summed E-state index contributed by atoms with van der Waals surface area (Å²) in [6.07, 6.45) is 1.77. The van der Waals surface area contributed by atoms with Gasteiger partial charge in [-0.3, -0.25) is 5.32 Å². The molecule has 3 heterocycles. The fourth-order valence-corrected chi connectivity index (χ4v) is 2.51. The third-order valence-corrected chi connectivity index (χ3v) is 3.27. The van der Waals surface area contributed by atoms with E-state index in [9.17, 15) is 4.79 Å². The van der Waals surface area contributed by atoms with Crippen molar-refractivity contribution < 1.29 is 4.79 Å². The highest BCUT2D eigenvalue weighted by atomic mass is 32.1. The van der Waals surface area contributed by atoms with E-state index in [1.54, 1.807) is 23.6 Å². The summed E-state index contributed by atoms with van der Waals surface area (Å²) in [6, 6.07) is 1.18. The molecule has 0 radical (unpaired) electrons. The van der Waals surface area contributed by atoms with E-state index < -0.39 is 6.03 Å². The van der Waals surface area contributed by atoms with Crippen molar-refractivity contribution in [1.29, 1.82) is 0 Å². The molecule has 2 aromatic rings. The number of anilines is 3. The number of nitrogens with zero attached hydrogens (tertiary/aromatic N) is 4. The zero-order valence-corrected chi connectivity index (χ0v) is 9.65. The quantitative estimate of drug-likeness (QED) is 0.831. The van der Waals surface area contributed by atoms with Crippen LogP contribution in [0.1, 0.15) is 0 Å². The lowest BCUT2D eigenvalue weighted by Crippen LogP contribution is -2.20. The molecule has 0 unspecified atom stereocenters. The van der Waals surface area contributed by atoms with E-state index >= 15 is 0 Å². The van der Waals surface area contributed by atoms with Gasteiger partial charge in [-0.15, -0.1) is 11.3 Å². The maximum atomic E-state index is 10.7. The normalized spacial score (nSPS) is 13.8. The summed E-state index contributed by atoms with van der Waals surface area (Å²) in [5.74, 6) is 1.39. The van der Waals surface area contributed by atoms with Crippen molar-refractivity contribution in [1.82, 2.24) is 14.8 Å². The number of nitrogens with two attached hydrogens (primary N) is 1. The fraction of sp³-hybridized carbons (Fsp3) is 0.222. The second kappa shape index (κ2) is 3.74. The molecule has 2 aromatic heterocycles. The Balaban J connectivity index is 1.91. The van der Waals surface area contributed by atoms with E-state index in [1.807, 2.05) is 10.1 Å². The topological polar surface area (TPSA) is 89.1 Å². The average Bonchev–Trinajstić information content (AvgIpc) is 2.89. The summed E-state index contributed by atoms with van der Waals surface area (Å²) in [5.41, 5.74) is 5.05. The van der Waals surface area contributed by atoms with Gasteiger partial charge in [-0.2, -0.15) is 5.10 Å². The molecule has 2 amide bonds. The second-order valence-electron chi connectivity index (χ2n) is 3.57. The number of aromatic nitrogens is 3. The predicted octanol–water partition coefficient (Wildman–Crippen LogP) is 0.982. The third kappa shape index (κ3) is 1.72. The van der Waals surface area contributed by atoms with Crippen molar-refractivity contribution in [3.63, 3.8) is 0 Å². The fourth-order valence-electron chi connectivity index (χ4n) is 1.83. The van der Waals surface area contributed by atoms with E-state index in [2.05, 4.69) is 20.3 Å². The Kier molecular flexibility index (Phi) is 2.22. The Morgan fingerprint density at radius 3 is 3.12 bits per heavy atom. The molecule has 0 fully saturated rings. The van der Waals surface area contributed by atoms with Crippen LogP contribution in [-0.2, 0) is 6.54 Å². The lowest BCUT2D eigenvalue weighted by atomic mass is 10.5. The molecule has 0 aromatic carbocycles. The zero-order valence-electron chi connectivity index (χ0n) is 8.83. The van der Waals surface area contributed by atoms with Crippen molar-refractivity contribution in [3.8, 4) is 0 Å². The van der Waals surface area contributed by atoms with Crippen LogP contribution in [0.15, 0.2) is 17.6 Å². The third-order valence-electron chi connectivity index (χ3n) is 2.47. The first-order valence-corrected chi connectivity index (χ1v) is 5.93. The van der Waals surface area contributed by atoms with Gasteiger partial charge in [0.1, 0.15) is 5.82 Å². The van der Waals surface area contributed by atoms with Gasteiger partial charge in [0.25, 0.3) is 0 Å². The predicted molar refractivity (Wildman–Crippen MR) is 64.6 cm³/mol. The highest BCUT2D eigenvalue weighted by molar-refractivity contribution is 7.13. The summed E-state index contributed by atoms with van der Waals surface area (Å²) < 4.78 is 1.83. The molecule has 0 bridgehead atoms. The standard InChI is InChI=1S/C9H10N6OS/c10-8(16)12-6-5-7-14(2-3-15(7)13-6)9-11-1-4-17-9/h1,4-5H,2-3H2,(H3,10,12,13,16). The largest absolute Gasteiger partial charge is 0.351 e. The number of rotatable bonds is 2. The molecule has 17 heavy (non-hydrogen) atoms. The molecule has 0 aliphatic carbocycles. The first kappa shape index (κ1) is 10.1. The Morgan fingerprint density at radius 1 is 1.53 bits per heavy atom. The summed E-state index contributed by atoms with van der Waals surface area (Å²) >= 11 is 1.57. The number of hydrogen-bond donors (Lipinski definition) is 2. The van der Waals surface area contributed by atoms with Gasteiger partial charge in [0.15, 0.2) is 10.9 Å². The Labute approximate surface area is 101 Å². The Morgan fingerprint density at radius 2 is 2.41 bits per heavy atom. The number of primary amides is 1. The van der Waals surface area contributed by atoms with Crippen molar-refractivity contribution >= 4 is 34.1 Å². The summed E-state index contributed by atoms with van der Waals surface area (Å²) in [5, 5.41) is 9.55. The van der Waals surface area contributed by atoms with Gasteiger partial charge in [0.05, 0.1) is 6.54 Å². The van der Waals surface area contributed by atoms with Crippen molar-refractivity contribution in [2.24, 2.45) is 5.73 Å². The summed E-state index contributed by atoms with van der Waals surface area (Å²) in [7, 11) is 0. The maximum absolute atomic E-state index is 10.7. The van der Waals surface area contributed by atoms with Gasteiger partial charge < -0.3 is 10.6 Å². The molecule has 0 spiro atoms. The zero-order chi connectivity index (χ0) is 11.8. The van der Waals surface area contributed by atoms with Gasteiger partial charge in [-0.05, 0) is 0 Å². The molecule has 88 valence electrons. The van der Waals surface area contributed by atoms with Crippen LogP contribution in [0.2, 0.25) is 0 Å². The van der Waals surface area contributed by atoms with Crippen LogP contribution in [0.3, 0.4) is 0 Å². The van der Waals surface area contributed by atoms with Crippen LogP contribution in [0.25, 0.3) is 0 Å². The van der Waals surface area contributed by atoms with Gasteiger partial charge in [-0.25, -0.2) is 14.5 Å². The second-order valence-corrected chi connectivity index (χ2v) is 4.44. The number of fused-ring (bicyclic) bond motifs is 1. The minimum atomic E-state index is -0.609. The number of hydrogen-bond acceptors (Lipinski definition) is 5. The molecule has 1 aliphatic heterocycles. The van der Waals surface area contributed by atoms with Crippen molar-refractivity contribution in [2.75, 3.05) is 16.8 Å². The van der Waals surface area contributed by atoms with Gasteiger partial charge in [0.2, 0.25) is 0 Å². The van der Waals surface area contributed by atoms with Crippen LogP contribution >= 0.6 is 11.3 Å². The molecular formula is C9H10N6OS. The number of carbonyl (C=O) groups excluding carboxylic acids is 1. The van der Waals surface area contributed by atoms with Gasteiger partial charge in [-0.1, -0.05) is 0 Å². The van der Waals surface area contributed by atoms with Crippen LogP contribution in [-0.4, -0.2) is 27.3 Å². The summed E-state index contributed by atoms with van der Waals surface area (Å²) in [6.45, 7) is 1.61.